The van der Waals surface area contributed by atoms with Gasteiger partial charge in [0.15, 0.2) is 0 Å². The molecule has 0 unspecified atom stereocenters. The standard InChI is InChI=1S/C31H39N3O5S/c1-5-6-20-32-31(36)29(21-25-10-8-7-9-11-25)33(22-26-14-12-24(2)13-15-26)30(35)23-34(40(4,37)38)27-16-18-28(39-3)19-17-27/h7-19,29H,5-6,20-23H2,1-4H3,(H,32,36)/t29-/m1/s1. The number of sulfonamides is 1. The van der Waals surface area contributed by atoms with Crippen LogP contribution in [0.15, 0.2) is 78.9 Å². The van der Waals surface area contributed by atoms with Crippen molar-refractivity contribution in [3.05, 3.63) is 95.6 Å². The Labute approximate surface area is 238 Å². The van der Waals surface area contributed by atoms with E-state index in [4.69, 9.17) is 4.74 Å². The fourth-order valence-electron chi connectivity index (χ4n) is 4.31. The SMILES string of the molecule is CCCCNC(=O)[C@@H](Cc1ccccc1)N(Cc1ccc(C)cc1)C(=O)CN(c1ccc(OC)cc1)S(C)(=O)=O. The van der Waals surface area contributed by atoms with E-state index in [9.17, 15) is 18.0 Å². The maximum absolute atomic E-state index is 14.0. The highest BCUT2D eigenvalue weighted by molar-refractivity contribution is 7.92. The molecule has 0 aromatic heterocycles. The minimum atomic E-state index is -3.82. The van der Waals surface area contributed by atoms with E-state index in [0.717, 1.165) is 40.1 Å². The first-order valence-electron chi connectivity index (χ1n) is 13.4. The number of ether oxygens (including phenoxy) is 1. The number of aryl methyl sites for hydroxylation is 1. The number of anilines is 1. The first-order valence-corrected chi connectivity index (χ1v) is 15.3. The summed E-state index contributed by atoms with van der Waals surface area (Å²) in [5.41, 5.74) is 3.14. The number of benzene rings is 3. The second-order valence-corrected chi connectivity index (χ2v) is 11.7. The summed E-state index contributed by atoms with van der Waals surface area (Å²) in [6, 6.07) is 22.9. The third-order valence-electron chi connectivity index (χ3n) is 6.61. The van der Waals surface area contributed by atoms with E-state index < -0.39 is 28.5 Å². The molecule has 214 valence electrons. The molecule has 0 radical (unpaired) electrons. The lowest BCUT2D eigenvalue weighted by atomic mass is 10.0. The minimum Gasteiger partial charge on any atom is -0.497 e. The summed E-state index contributed by atoms with van der Waals surface area (Å²) in [4.78, 5) is 29.1. The number of nitrogens with one attached hydrogen (secondary N) is 1. The van der Waals surface area contributed by atoms with Crippen LogP contribution in [0.4, 0.5) is 5.69 Å². The van der Waals surface area contributed by atoms with E-state index >= 15 is 0 Å². The lowest BCUT2D eigenvalue weighted by Crippen LogP contribution is -2.53. The van der Waals surface area contributed by atoms with Gasteiger partial charge in [-0.1, -0.05) is 73.5 Å². The molecule has 0 aliphatic rings. The molecule has 3 rings (SSSR count). The van der Waals surface area contributed by atoms with Crippen LogP contribution in [0.1, 0.15) is 36.5 Å². The molecule has 2 amide bonds. The van der Waals surface area contributed by atoms with Crippen LogP contribution in [0.3, 0.4) is 0 Å². The van der Waals surface area contributed by atoms with Crippen LogP contribution in [-0.2, 0) is 32.6 Å². The smallest absolute Gasteiger partial charge is 0.244 e. The van der Waals surface area contributed by atoms with Gasteiger partial charge in [-0.25, -0.2) is 8.42 Å². The molecule has 0 spiro atoms. The molecule has 0 aliphatic heterocycles. The highest BCUT2D eigenvalue weighted by Gasteiger charge is 2.33. The van der Waals surface area contributed by atoms with E-state index in [1.54, 1.807) is 24.3 Å². The number of methoxy groups -OCH3 is 1. The first kappa shape index (κ1) is 30.7. The van der Waals surface area contributed by atoms with E-state index in [1.807, 2.05) is 68.4 Å². The van der Waals surface area contributed by atoms with E-state index in [-0.39, 0.29) is 18.9 Å². The molecule has 0 heterocycles. The summed E-state index contributed by atoms with van der Waals surface area (Å²) in [7, 11) is -2.30. The number of unbranched alkanes of at least 4 members (excludes halogenated alkanes) is 1. The van der Waals surface area contributed by atoms with Crippen molar-refractivity contribution < 1.29 is 22.7 Å². The van der Waals surface area contributed by atoms with Crippen molar-refractivity contribution in [3.63, 3.8) is 0 Å². The second kappa shape index (κ2) is 14.5. The van der Waals surface area contributed by atoms with Crippen LogP contribution in [0.25, 0.3) is 0 Å². The largest absolute Gasteiger partial charge is 0.497 e. The molecular weight excluding hydrogens is 526 g/mol. The van der Waals surface area contributed by atoms with Crippen LogP contribution in [0.5, 0.6) is 5.75 Å². The zero-order valence-corrected chi connectivity index (χ0v) is 24.5. The fourth-order valence-corrected chi connectivity index (χ4v) is 5.16. The third kappa shape index (κ3) is 8.84. The predicted octanol–water partition coefficient (Wildman–Crippen LogP) is 4.33. The number of amides is 2. The van der Waals surface area contributed by atoms with Crippen molar-refractivity contribution in [2.45, 2.75) is 45.7 Å². The molecule has 3 aromatic carbocycles. The zero-order chi connectivity index (χ0) is 29.1. The van der Waals surface area contributed by atoms with E-state index in [0.29, 0.717) is 18.0 Å². The summed E-state index contributed by atoms with van der Waals surface area (Å²) < 4.78 is 32.0. The summed E-state index contributed by atoms with van der Waals surface area (Å²) in [5, 5.41) is 2.98. The highest BCUT2D eigenvalue weighted by Crippen LogP contribution is 2.23. The summed E-state index contributed by atoms with van der Waals surface area (Å²) in [6.07, 6.45) is 3.08. The molecule has 8 nitrogen and oxygen atoms in total. The quantitative estimate of drug-likeness (QED) is 0.294. The van der Waals surface area contributed by atoms with Crippen molar-refractivity contribution in [2.24, 2.45) is 0 Å². The molecule has 40 heavy (non-hydrogen) atoms. The van der Waals surface area contributed by atoms with Gasteiger partial charge in [0.25, 0.3) is 0 Å². The molecule has 0 aliphatic carbocycles. The molecule has 1 atom stereocenters. The van der Waals surface area contributed by atoms with Crippen LogP contribution in [0, 0.1) is 6.92 Å². The summed E-state index contributed by atoms with van der Waals surface area (Å²) >= 11 is 0. The Bertz CT molecular complexity index is 1340. The Morgan fingerprint density at radius 1 is 0.925 bits per heavy atom. The van der Waals surface area contributed by atoms with Crippen molar-refractivity contribution in [1.82, 2.24) is 10.2 Å². The van der Waals surface area contributed by atoms with Crippen LogP contribution in [0.2, 0.25) is 0 Å². The average Bonchev–Trinajstić information content (AvgIpc) is 2.94. The predicted molar refractivity (Wildman–Crippen MR) is 159 cm³/mol. The number of hydrogen-bond donors (Lipinski definition) is 1. The Morgan fingerprint density at radius 2 is 1.57 bits per heavy atom. The van der Waals surface area contributed by atoms with Crippen molar-refractivity contribution in [1.29, 1.82) is 0 Å². The molecule has 0 saturated heterocycles. The molecule has 9 heteroatoms. The van der Waals surface area contributed by atoms with Gasteiger partial charge in [0, 0.05) is 19.5 Å². The Morgan fingerprint density at radius 3 is 2.15 bits per heavy atom. The molecular formula is C31H39N3O5S. The molecule has 1 N–H and O–H groups in total. The van der Waals surface area contributed by atoms with E-state index in [1.165, 1.54) is 12.0 Å². The summed E-state index contributed by atoms with van der Waals surface area (Å²) in [6.45, 7) is 4.21. The second-order valence-electron chi connectivity index (χ2n) is 9.82. The van der Waals surface area contributed by atoms with Gasteiger partial charge in [-0.2, -0.15) is 0 Å². The minimum absolute atomic E-state index is 0.151. The van der Waals surface area contributed by atoms with Gasteiger partial charge >= 0.3 is 0 Å². The van der Waals surface area contributed by atoms with Gasteiger partial charge in [-0.3, -0.25) is 13.9 Å². The zero-order valence-electron chi connectivity index (χ0n) is 23.7. The molecule has 0 bridgehead atoms. The Kier molecular flexibility index (Phi) is 11.1. The van der Waals surface area contributed by atoms with Gasteiger partial charge in [-0.05, 0) is 48.7 Å². The topological polar surface area (TPSA) is 96.0 Å². The Balaban J connectivity index is 2.01. The molecule has 0 saturated carbocycles. The molecule has 0 fully saturated rings. The van der Waals surface area contributed by atoms with Gasteiger partial charge in [0.1, 0.15) is 18.3 Å². The fraction of sp³-hybridized carbons (Fsp3) is 0.355. The van der Waals surface area contributed by atoms with Crippen LogP contribution < -0.4 is 14.4 Å². The maximum Gasteiger partial charge on any atom is 0.244 e. The van der Waals surface area contributed by atoms with E-state index in [2.05, 4.69) is 5.32 Å². The number of carbonyl (C=O) groups excluding carboxylic acids is 2. The van der Waals surface area contributed by atoms with Crippen LogP contribution in [-0.4, -0.2) is 57.6 Å². The first-order chi connectivity index (χ1) is 19.1. The van der Waals surface area contributed by atoms with Crippen molar-refractivity contribution >= 4 is 27.5 Å². The number of nitrogens with zero attached hydrogens (tertiary/aromatic N) is 2. The third-order valence-corrected chi connectivity index (χ3v) is 7.75. The Hall–Kier alpha value is -3.85. The van der Waals surface area contributed by atoms with Crippen LogP contribution >= 0.6 is 0 Å². The summed E-state index contributed by atoms with van der Waals surface area (Å²) in [5.74, 6) is -0.183. The average molecular weight is 566 g/mol. The van der Waals surface area contributed by atoms with Gasteiger partial charge < -0.3 is 15.0 Å². The number of carbonyl (C=O) groups is 2. The number of rotatable bonds is 14. The number of hydrogen-bond acceptors (Lipinski definition) is 5. The highest BCUT2D eigenvalue weighted by atomic mass is 32.2. The normalized spacial score (nSPS) is 11.9. The van der Waals surface area contributed by atoms with Crippen molar-refractivity contribution in [2.75, 3.05) is 30.8 Å². The van der Waals surface area contributed by atoms with Gasteiger partial charge in [0.2, 0.25) is 21.8 Å². The lowest BCUT2D eigenvalue weighted by molar-refractivity contribution is -0.140. The van der Waals surface area contributed by atoms with Gasteiger partial charge in [0.05, 0.1) is 19.1 Å². The van der Waals surface area contributed by atoms with Gasteiger partial charge in [-0.15, -0.1) is 0 Å². The molecule has 3 aromatic rings. The lowest BCUT2D eigenvalue weighted by Gasteiger charge is -2.33. The maximum atomic E-state index is 14.0. The monoisotopic (exact) mass is 565 g/mol. The van der Waals surface area contributed by atoms with Crippen molar-refractivity contribution in [3.8, 4) is 5.75 Å².